The Labute approximate surface area is 113 Å². The zero-order chi connectivity index (χ0) is 13.7. The van der Waals surface area contributed by atoms with E-state index in [0.29, 0.717) is 5.92 Å². The Morgan fingerprint density at radius 2 is 1.94 bits per heavy atom. The largest absolute Gasteiger partial charge is 0.372 e. The normalized spacial score (nSPS) is 10.8. The number of nitrogens with zero attached hydrogens (tertiary/aromatic N) is 1. The van der Waals surface area contributed by atoms with Gasteiger partial charge in [-0.25, -0.2) is 0 Å². The Morgan fingerprint density at radius 1 is 1.28 bits per heavy atom. The summed E-state index contributed by atoms with van der Waals surface area (Å²) in [5, 5.41) is 0. The van der Waals surface area contributed by atoms with Crippen LogP contribution in [0.4, 0.5) is 0 Å². The van der Waals surface area contributed by atoms with Gasteiger partial charge >= 0.3 is 0 Å². The van der Waals surface area contributed by atoms with Crippen molar-refractivity contribution in [1.29, 1.82) is 0 Å². The molecule has 0 bridgehead atoms. The minimum atomic E-state index is 0.664. The second-order valence-corrected chi connectivity index (χ2v) is 5.38. The molecule has 0 heterocycles. The molecule has 0 radical (unpaired) electrons. The van der Waals surface area contributed by atoms with Crippen molar-refractivity contribution in [2.75, 3.05) is 13.1 Å². The summed E-state index contributed by atoms with van der Waals surface area (Å²) in [7, 11) is 0. The first-order chi connectivity index (χ1) is 8.49. The fourth-order valence-electron chi connectivity index (χ4n) is 2.31. The van der Waals surface area contributed by atoms with Crippen molar-refractivity contribution >= 4 is 5.70 Å². The van der Waals surface area contributed by atoms with Crippen LogP contribution in [0, 0.1) is 12.8 Å². The van der Waals surface area contributed by atoms with Crippen molar-refractivity contribution in [1.82, 2.24) is 4.90 Å². The third-order valence-corrected chi connectivity index (χ3v) is 3.36. The predicted molar refractivity (Wildman–Crippen MR) is 81.7 cm³/mol. The molecular formula is C17H27N. The lowest BCUT2D eigenvalue weighted by Crippen LogP contribution is -2.26. The van der Waals surface area contributed by atoms with Crippen LogP contribution in [0.2, 0.25) is 0 Å². The van der Waals surface area contributed by atoms with Crippen LogP contribution >= 0.6 is 0 Å². The molecule has 0 saturated heterocycles. The first-order valence-electron chi connectivity index (χ1n) is 7.03. The lowest BCUT2D eigenvalue weighted by molar-refractivity contribution is 0.364. The molecule has 1 heteroatoms. The van der Waals surface area contributed by atoms with Crippen molar-refractivity contribution < 1.29 is 0 Å². The summed E-state index contributed by atoms with van der Waals surface area (Å²) in [4.78, 5) is 2.37. The Balaban J connectivity index is 2.94. The molecule has 100 valence electrons. The van der Waals surface area contributed by atoms with Crippen LogP contribution < -0.4 is 0 Å². The second kappa shape index (κ2) is 6.63. The van der Waals surface area contributed by atoms with E-state index in [4.69, 9.17) is 0 Å². The molecule has 1 aromatic rings. The van der Waals surface area contributed by atoms with Crippen LogP contribution in [-0.2, 0) is 6.42 Å². The van der Waals surface area contributed by atoms with Gasteiger partial charge in [0.15, 0.2) is 0 Å². The summed E-state index contributed by atoms with van der Waals surface area (Å²) in [6, 6.07) is 6.72. The highest BCUT2D eigenvalue weighted by molar-refractivity contribution is 5.65. The summed E-state index contributed by atoms with van der Waals surface area (Å²) < 4.78 is 0. The van der Waals surface area contributed by atoms with Gasteiger partial charge in [-0.2, -0.15) is 0 Å². The van der Waals surface area contributed by atoms with E-state index in [-0.39, 0.29) is 0 Å². The van der Waals surface area contributed by atoms with Gasteiger partial charge in [0, 0.05) is 24.4 Å². The molecule has 1 nitrogen and oxygen atoms in total. The third-order valence-electron chi connectivity index (χ3n) is 3.36. The quantitative estimate of drug-likeness (QED) is 0.713. The SMILES string of the molecule is C=C(c1ccc(CC)cc1C)N(CC)CC(C)C. The Kier molecular flexibility index (Phi) is 5.46. The van der Waals surface area contributed by atoms with E-state index in [1.165, 1.54) is 16.7 Å². The van der Waals surface area contributed by atoms with Gasteiger partial charge in [0.25, 0.3) is 0 Å². The van der Waals surface area contributed by atoms with E-state index in [1.54, 1.807) is 0 Å². The van der Waals surface area contributed by atoms with Gasteiger partial charge in [0.1, 0.15) is 0 Å². The zero-order valence-electron chi connectivity index (χ0n) is 12.6. The molecule has 0 aliphatic heterocycles. The van der Waals surface area contributed by atoms with Crippen LogP contribution in [0.1, 0.15) is 44.4 Å². The maximum Gasteiger partial charge on any atom is 0.0369 e. The van der Waals surface area contributed by atoms with Crippen molar-refractivity contribution in [2.24, 2.45) is 5.92 Å². The lowest BCUT2D eigenvalue weighted by Gasteiger charge is -2.28. The van der Waals surface area contributed by atoms with E-state index in [1.807, 2.05) is 0 Å². The molecule has 0 aromatic heterocycles. The average molecular weight is 245 g/mol. The lowest BCUT2D eigenvalue weighted by atomic mass is 10.0. The zero-order valence-corrected chi connectivity index (χ0v) is 12.6. The molecule has 0 aliphatic rings. The Morgan fingerprint density at radius 3 is 2.39 bits per heavy atom. The molecule has 0 unspecified atom stereocenters. The van der Waals surface area contributed by atoms with Crippen LogP contribution in [0.25, 0.3) is 5.70 Å². The first-order valence-corrected chi connectivity index (χ1v) is 7.03. The topological polar surface area (TPSA) is 3.24 Å². The fourth-order valence-corrected chi connectivity index (χ4v) is 2.31. The van der Waals surface area contributed by atoms with Crippen LogP contribution in [0.3, 0.4) is 0 Å². The van der Waals surface area contributed by atoms with Gasteiger partial charge in [0.2, 0.25) is 0 Å². The summed E-state index contributed by atoms with van der Waals surface area (Å²) in [6.45, 7) is 17.5. The third kappa shape index (κ3) is 3.63. The van der Waals surface area contributed by atoms with Gasteiger partial charge in [-0.15, -0.1) is 0 Å². The maximum atomic E-state index is 4.29. The summed E-state index contributed by atoms with van der Waals surface area (Å²) in [5.74, 6) is 0.664. The Hall–Kier alpha value is -1.24. The first kappa shape index (κ1) is 14.8. The number of aryl methyl sites for hydroxylation is 2. The molecule has 1 rings (SSSR count). The van der Waals surface area contributed by atoms with Crippen molar-refractivity contribution in [3.05, 3.63) is 41.5 Å². The molecule has 0 spiro atoms. The molecule has 0 fully saturated rings. The monoisotopic (exact) mass is 245 g/mol. The average Bonchev–Trinajstić information content (AvgIpc) is 2.34. The van der Waals surface area contributed by atoms with E-state index in [0.717, 1.165) is 25.2 Å². The van der Waals surface area contributed by atoms with E-state index >= 15 is 0 Å². The maximum absolute atomic E-state index is 4.29. The van der Waals surface area contributed by atoms with Crippen molar-refractivity contribution in [2.45, 2.75) is 41.0 Å². The number of rotatable bonds is 6. The Bertz CT molecular complexity index is 404. The van der Waals surface area contributed by atoms with Crippen LogP contribution in [0.5, 0.6) is 0 Å². The molecule has 1 aromatic carbocycles. The van der Waals surface area contributed by atoms with E-state index in [2.05, 4.69) is 64.3 Å². The van der Waals surface area contributed by atoms with Crippen LogP contribution in [0.15, 0.2) is 24.8 Å². The molecule has 0 N–H and O–H groups in total. The van der Waals surface area contributed by atoms with Crippen LogP contribution in [-0.4, -0.2) is 18.0 Å². The minimum absolute atomic E-state index is 0.664. The molecule has 18 heavy (non-hydrogen) atoms. The standard InChI is InChI=1S/C17H27N/c1-7-16-9-10-17(14(5)11-16)15(6)18(8-2)12-13(3)4/h9-11,13H,6-8,12H2,1-5H3. The predicted octanol–water partition coefficient (Wildman–Crippen LogP) is 4.51. The van der Waals surface area contributed by atoms with Gasteiger partial charge in [-0.05, 0) is 37.3 Å². The number of benzene rings is 1. The minimum Gasteiger partial charge on any atom is -0.372 e. The molecule has 0 amide bonds. The summed E-state index contributed by atoms with van der Waals surface area (Å²) in [5.41, 5.74) is 5.18. The molecular weight excluding hydrogens is 218 g/mol. The second-order valence-electron chi connectivity index (χ2n) is 5.38. The fraction of sp³-hybridized carbons (Fsp3) is 0.529. The van der Waals surface area contributed by atoms with Gasteiger partial charge in [0.05, 0.1) is 0 Å². The molecule has 0 aliphatic carbocycles. The van der Waals surface area contributed by atoms with Crippen molar-refractivity contribution in [3.8, 4) is 0 Å². The number of hydrogen-bond acceptors (Lipinski definition) is 1. The highest BCUT2D eigenvalue weighted by atomic mass is 15.1. The van der Waals surface area contributed by atoms with E-state index in [9.17, 15) is 0 Å². The summed E-state index contributed by atoms with van der Waals surface area (Å²) in [6.07, 6.45) is 1.09. The van der Waals surface area contributed by atoms with Crippen molar-refractivity contribution in [3.63, 3.8) is 0 Å². The summed E-state index contributed by atoms with van der Waals surface area (Å²) >= 11 is 0. The molecule has 0 atom stereocenters. The van der Waals surface area contributed by atoms with Gasteiger partial charge in [-0.1, -0.05) is 45.5 Å². The van der Waals surface area contributed by atoms with E-state index < -0.39 is 0 Å². The highest BCUT2D eigenvalue weighted by Crippen LogP contribution is 2.23. The molecule has 0 saturated carbocycles. The van der Waals surface area contributed by atoms with Gasteiger partial charge in [-0.3, -0.25) is 0 Å². The van der Waals surface area contributed by atoms with Gasteiger partial charge < -0.3 is 4.90 Å². The number of hydrogen-bond donors (Lipinski definition) is 0. The smallest absolute Gasteiger partial charge is 0.0369 e. The highest BCUT2D eigenvalue weighted by Gasteiger charge is 2.11.